The van der Waals surface area contributed by atoms with Crippen LogP contribution >= 0.6 is 11.6 Å². The van der Waals surface area contributed by atoms with Gasteiger partial charge in [-0.1, -0.05) is 61.0 Å². The average molecular weight is 430 g/mol. The fourth-order valence-electron chi connectivity index (χ4n) is 3.24. The first kappa shape index (κ1) is 20.6. The Morgan fingerprint density at radius 3 is 2.35 bits per heavy atom. The fourth-order valence-corrected chi connectivity index (χ4v) is 3.42. The molecular formula is C25H20ClN3O2. The van der Waals surface area contributed by atoms with Crippen LogP contribution in [0.3, 0.4) is 0 Å². The lowest BCUT2D eigenvalue weighted by molar-refractivity contribution is -0.115. The van der Waals surface area contributed by atoms with Crippen molar-refractivity contribution in [2.45, 2.75) is 13.3 Å². The van der Waals surface area contributed by atoms with E-state index in [2.05, 4.69) is 10.6 Å². The van der Waals surface area contributed by atoms with Crippen LogP contribution in [0.25, 0.3) is 22.2 Å². The number of amides is 2. The van der Waals surface area contributed by atoms with E-state index in [0.717, 1.165) is 10.9 Å². The molecule has 4 rings (SSSR count). The van der Waals surface area contributed by atoms with Crippen molar-refractivity contribution in [2.75, 3.05) is 10.6 Å². The molecular weight excluding hydrogens is 410 g/mol. The number of carbonyl (C=O) groups is 2. The van der Waals surface area contributed by atoms with Gasteiger partial charge in [-0.2, -0.15) is 0 Å². The summed E-state index contributed by atoms with van der Waals surface area (Å²) in [7, 11) is 0. The molecule has 0 atom stereocenters. The summed E-state index contributed by atoms with van der Waals surface area (Å²) in [4.78, 5) is 29.5. The molecule has 1 aromatic heterocycles. The van der Waals surface area contributed by atoms with Crippen LogP contribution in [0.2, 0.25) is 5.02 Å². The van der Waals surface area contributed by atoms with Gasteiger partial charge in [0.05, 0.1) is 27.5 Å². The summed E-state index contributed by atoms with van der Waals surface area (Å²) in [6, 6.07) is 23.8. The average Bonchev–Trinajstić information content (AvgIpc) is 2.80. The Kier molecular flexibility index (Phi) is 5.96. The van der Waals surface area contributed by atoms with Gasteiger partial charge in [0.1, 0.15) is 0 Å². The number of aromatic nitrogens is 1. The summed E-state index contributed by atoms with van der Waals surface area (Å²) in [6.45, 7) is 1.80. The van der Waals surface area contributed by atoms with Crippen molar-refractivity contribution in [3.63, 3.8) is 0 Å². The van der Waals surface area contributed by atoms with Crippen molar-refractivity contribution < 1.29 is 9.59 Å². The van der Waals surface area contributed by atoms with Crippen molar-refractivity contribution in [3.8, 4) is 11.3 Å². The fraction of sp³-hybridized carbons (Fsp3) is 0.0800. The van der Waals surface area contributed by atoms with Crippen molar-refractivity contribution in [1.29, 1.82) is 0 Å². The number of rotatable bonds is 5. The van der Waals surface area contributed by atoms with E-state index in [0.29, 0.717) is 39.6 Å². The smallest absolute Gasteiger partial charge is 0.256 e. The molecule has 0 spiro atoms. The standard InChI is InChI=1S/C25H20ClN3O2/c1-2-24(30)27-17-13-11-16(12-14-17)23-15-19(18-7-3-5-9-21(18)28-23)25(31)29-22-10-6-4-8-20(22)26/h3-15H,2H2,1H3,(H,27,30)(H,29,31). The van der Waals surface area contributed by atoms with Gasteiger partial charge in [0.25, 0.3) is 5.91 Å². The Labute approximate surface area is 185 Å². The molecule has 2 amide bonds. The second-order valence-electron chi connectivity index (χ2n) is 6.99. The van der Waals surface area contributed by atoms with Gasteiger partial charge < -0.3 is 10.6 Å². The van der Waals surface area contributed by atoms with E-state index >= 15 is 0 Å². The second-order valence-corrected chi connectivity index (χ2v) is 7.39. The maximum atomic E-state index is 13.1. The molecule has 0 saturated carbocycles. The van der Waals surface area contributed by atoms with Gasteiger partial charge in [0, 0.05) is 23.1 Å². The minimum Gasteiger partial charge on any atom is -0.326 e. The lowest BCUT2D eigenvalue weighted by Gasteiger charge is -2.12. The summed E-state index contributed by atoms with van der Waals surface area (Å²) in [6.07, 6.45) is 0.415. The van der Waals surface area contributed by atoms with E-state index < -0.39 is 0 Å². The highest BCUT2D eigenvalue weighted by Gasteiger charge is 2.15. The summed E-state index contributed by atoms with van der Waals surface area (Å²) in [5, 5.41) is 6.94. The number of nitrogens with zero attached hydrogens (tertiary/aromatic N) is 1. The molecule has 31 heavy (non-hydrogen) atoms. The van der Waals surface area contributed by atoms with Crippen molar-refractivity contribution in [3.05, 3.63) is 89.4 Å². The molecule has 2 N–H and O–H groups in total. The van der Waals surface area contributed by atoms with E-state index in [4.69, 9.17) is 16.6 Å². The topological polar surface area (TPSA) is 71.1 Å². The lowest BCUT2D eigenvalue weighted by Crippen LogP contribution is -2.13. The zero-order valence-electron chi connectivity index (χ0n) is 16.9. The normalized spacial score (nSPS) is 10.6. The first-order valence-corrected chi connectivity index (χ1v) is 10.3. The molecule has 4 aromatic rings. The van der Waals surface area contributed by atoms with E-state index in [9.17, 15) is 9.59 Å². The van der Waals surface area contributed by atoms with Gasteiger partial charge in [0.15, 0.2) is 0 Å². The number of benzene rings is 3. The number of carbonyl (C=O) groups excluding carboxylic acids is 2. The molecule has 0 radical (unpaired) electrons. The van der Waals surface area contributed by atoms with Crippen LogP contribution in [0.1, 0.15) is 23.7 Å². The molecule has 3 aromatic carbocycles. The summed E-state index contributed by atoms with van der Waals surface area (Å²) >= 11 is 6.21. The number of anilines is 2. The highest BCUT2D eigenvalue weighted by molar-refractivity contribution is 6.34. The number of nitrogens with one attached hydrogen (secondary N) is 2. The third kappa shape index (κ3) is 4.57. The zero-order chi connectivity index (χ0) is 21.8. The highest BCUT2D eigenvalue weighted by Crippen LogP contribution is 2.28. The molecule has 0 unspecified atom stereocenters. The molecule has 0 aliphatic carbocycles. The Bertz CT molecular complexity index is 1270. The van der Waals surface area contributed by atoms with Crippen molar-refractivity contribution >= 4 is 45.7 Å². The number of hydrogen-bond donors (Lipinski definition) is 2. The van der Waals surface area contributed by atoms with Gasteiger partial charge in [0.2, 0.25) is 5.91 Å². The van der Waals surface area contributed by atoms with Gasteiger partial charge in [-0.05, 0) is 36.4 Å². The molecule has 5 nitrogen and oxygen atoms in total. The molecule has 154 valence electrons. The van der Waals surface area contributed by atoms with E-state index in [1.165, 1.54) is 0 Å². The number of hydrogen-bond acceptors (Lipinski definition) is 3. The SMILES string of the molecule is CCC(=O)Nc1ccc(-c2cc(C(=O)Nc3ccccc3Cl)c3ccccc3n2)cc1. The molecule has 1 heterocycles. The van der Waals surface area contributed by atoms with Crippen molar-refractivity contribution in [2.24, 2.45) is 0 Å². The Morgan fingerprint density at radius 2 is 1.61 bits per heavy atom. The second kappa shape index (κ2) is 8.98. The van der Waals surface area contributed by atoms with Gasteiger partial charge >= 0.3 is 0 Å². The summed E-state index contributed by atoms with van der Waals surface area (Å²) < 4.78 is 0. The monoisotopic (exact) mass is 429 g/mol. The molecule has 0 bridgehead atoms. The number of fused-ring (bicyclic) bond motifs is 1. The molecule has 0 aliphatic heterocycles. The minimum atomic E-state index is -0.264. The number of para-hydroxylation sites is 2. The largest absolute Gasteiger partial charge is 0.326 e. The first-order valence-electron chi connectivity index (χ1n) is 9.91. The molecule has 0 aliphatic rings. The third-order valence-corrected chi connectivity index (χ3v) is 5.20. The molecule has 6 heteroatoms. The van der Waals surface area contributed by atoms with E-state index in [1.807, 2.05) is 60.7 Å². The summed E-state index contributed by atoms with van der Waals surface area (Å²) in [5.41, 5.74) is 3.99. The maximum Gasteiger partial charge on any atom is 0.256 e. The number of halogens is 1. The van der Waals surface area contributed by atoms with Crippen LogP contribution in [-0.2, 0) is 4.79 Å². The van der Waals surface area contributed by atoms with Crippen LogP contribution in [0.4, 0.5) is 11.4 Å². The Morgan fingerprint density at radius 1 is 0.903 bits per heavy atom. The van der Waals surface area contributed by atoms with Gasteiger partial charge in [-0.25, -0.2) is 4.98 Å². The first-order chi connectivity index (χ1) is 15.0. The van der Waals surface area contributed by atoms with E-state index in [1.54, 1.807) is 25.1 Å². The zero-order valence-corrected chi connectivity index (χ0v) is 17.6. The van der Waals surface area contributed by atoms with Crippen molar-refractivity contribution in [1.82, 2.24) is 4.98 Å². The minimum absolute atomic E-state index is 0.0462. The van der Waals surface area contributed by atoms with Crippen LogP contribution < -0.4 is 10.6 Å². The third-order valence-electron chi connectivity index (χ3n) is 4.87. The predicted molar refractivity (Wildman–Crippen MR) is 126 cm³/mol. The quantitative estimate of drug-likeness (QED) is 0.399. The maximum absolute atomic E-state index is 13.1. The van der Waals surface area contributed by atoms with Crippen LogP contribution in [0.5, 0.6) is 0 Å². The van der Waals surface area contributed by atoms with Crippen LogP contribution in [0, 0.1) is 0 Å². The Hall–Kier alpha value is -3.70. The lowest BCUT2D eigenvalue weighted by atomic mass is 10.0. The molecule has 0 saturated heterocycles. The summed E-state index contributed by atoms with van der Waals surface area (Å²) in [5.74, 6) is -0.310. The van der Waals surface area contributed by atoms with Crippen LogP contribution in [0.15, 0.2) is 78.9 Å². The van der Waals surface area contributed by atoms with Gasteiger partial charge in [-0.3, -0.25) is 9.59 Å². The number of pyridine rings is 1. The molecule has 0 fully saturated rings. The Balaban J connectivity index is 1.72. The van der Waals surface area contributed by atoms with Gasteiger partial charge in [-0.15, -0.1) is 0 Å². The van der Waals surface area contributed by atoms with E-state index in [-0.39, 0.29) is 11.8 Å². The predicted octanol–water partition coefficient (Wildman–Crippen LogP) is 6.16. The van der Waals surface area contributed by atoms with Crippen LogP contribution in [-0.4, -0.2) is 16.8 Å². The highest BCUT2D eigenvalue weighted by atomic mass is 35.5.